The van der Waals surface area contributed by atoms with Gasteiger partial charge in [0.2, 0.25) is 6.43 Å². The number of aromatic nitrogens is 3. The van der Waals surface area contributed by atoms with Crippen LogP contribution in [0.25, 0.3) is 32.9 Å². The maximum Gasteiger partial charge on any atom is 0.319 e. The molecule has 9 heteroatoms. The number of piperidine rings is 1. The standard InChI is InChI=1S/C34H36F3N5O/c35-27(36)16-24-7-1-5-23-6-2-8-25(28(23)24)30-29(37)31-26(17-38-30)32(41-18-21-9-10-22(15-21)19-41)40-33(39-31)43-20-34-11-3-13-42(34)14-4-12-34/h1-2,5-8,17,21-22,27H,3-4,9-16,18-20H2. The summed E-state index contributed by atoms with van der Waals surface area (Å²) in [6, 6.07) is 10.9. The molecule has 1 saturated carbocycles. The third-order valence-corrected chi connectivity index (χ3v) is 10.5. The van der Waals surface area contributed by atoms with Gasteiger partial charge < -0.3 is 9.64 Å². The number of hydrogen-bond donors (Lipinski definition) is 0. The van der Waals surface area contributed by atoms with E-state index in [-0.39, 0.29) is 22.8 Å². The summed E-state index contributed by atoms with van der Waals surface area (Å²) in [5.74, 6) is 1.32. The minimum atomic E-state index is -2.52. The summed E-state index contributed by atoms with van der Waals surface area (Å²) < 4.78 is 50.2. The lowest BCUT2D eigenvalue weighted by molar-refractivity contribution is 0.108. The van der Waals surface area contributed by atoms with E-state index < -0.39 is 18.7 Å². The van der Waals surface area contributed by atoms with E-state index in [1.165, 1.54) is 19.3 Å². The van der Waals surface area contributed by atoms with E-state index in [1.54, 1.807) is 24.4 Å². The van der Waals surface area contributed by atoms with Gasteiger partial charge in [-0.3, -0.25) is 9.88 Å². The normalized spacial score (nSPS) is 23.1. The predicted molar refractivity (Wildman–Crippen MR) is 161 cm³/mol. The average Bonchev–Trinajstić information content (AvgIpc) is 3.69. The van der Waals surface area contributed by atoms with Crippen molar-refractivity contribution in [2.45, 2.75) is 63.3 Å². The predicted octanol–water partition coefficient (Wildman–Crippen LogP) is 7.04. The lowest BCUT2D eigenvalue weighted by Crippen LogP contribution is -2.43. The summed E-state index contributed by atoms with van der Waals surface area (Å²) in [6.45, 7) is 4.42. The fourth-order valence-electron chi connectivity index (χ4n) is 8.51. The first-order valence-electron chi connectivity index (χ1n) is 15.8. The minimum Gasteiger partial charge on any atom is -0.461 e. The number of fused-ring (bicyclic) bond motifs is 5. The molecule has 0 amide bonds. The van der Waals surface area contributed by atoms with Crippen molar-refractivity contribution >= 4 is 27.5 Å². The Balaban J connectivity index is 1.25. The number of hydrogen-bond acceptors (Lipinski definition) is 6. The molecule has 0 spiro atoms. The molecule has 0 radical (unpaired) electrons. The Morgan fingerprint density at radius 1 is 0.977 bits per heavy atom. The third kappa shape index (κ3) is 4.71. The van der Waals surface area contributed by atoms with Crippen molar-refractivity contribution in [1.29, 1.82) is 0 Å². The fourth-order valence-corrected chi connectivity index (χ4v) is 8.51. The van der Waals surface area contributed by atoms with Crippen LogP contribution in [0.1, 0.15) is 50.5 Å². The maximum atomic E-state index is 16.7. The Hall–Kier alpha value is -3.46. The first-order valence-corrected chi connectivity index (χ1v) is 15.8. The number of nitrogens with zero attached hydrogens (tertiary/aromatic N) is 5. The smallest absolute Gasteiger partial charge is 0.319 e. The minimum absolute atomic E-state index is 0.00865. The molecule has 2 bridgehead atoms. The molecule has 6 nitrogen and oxygen atoms in total. The molecular weight excluding hydrogens is 551 g/mol. The van der Waals surface area contributed by atoms with Crippen LogP contribution in [0, 0.1) is 17.7 Å². The molecule has 4 fully saturated rings. The Morgan fingerprint density at radius 3 is 2.47 bits per heavy atom. The molecule has 2 unspecified atom stereocenters. The Morgan fingerprint density at radius 2 is 1.72 bits per heavy atom. The van der Waals surface area contributed by atoms with Crippen molar-refractivity contribution in [3.8, 4) is 17.3 Å². The zero-order valence-corrected chi connectivity index (χ0v) is 24.2. The van der Waals surface area contributed by atoms with Crippen molar-refractivity contribution in [2.24, 2.45) is 11.8 Å². The summed E-state index contributed by atoms with van der Waals surface area (Å²) in [5.41, 5.74) is 1.23. The first-order chi connectivity index (χ1) is 21.0. The molecule has 2 aromatic carbocycles. The number of halogens is 3. The van der Waals surface area contributed by atoms with Crippen molar-refractivity contribution in [2.75, 3.05) is 37.7 Å². The highest BCUT2D eigenvalue weighted by atomic mass is 19.3. The number of benzene rings is 2. The van der Waals surface area contributed by atoms with Gasteiger partial charge >= 0.3 is 6.01 Å². The Bertz CT molecular complexity index is 1670. The van der Waals surface area contributed by atoms with E-state index >= 15 is 4.39 Å². The lowest BCUT2D eigenvalue weighted by Gasteiger charge is -2.34. The number of pyridine rings is 1. The maximum absolute atomic E-state index is 16.7. The number of alkyl halides is 2. The molecular formula is C34H36F3N5O. The lowest BCUT2D eigenvalue weighted by atomic mass is 9.95. The second-order valence-corrected chi connectivity index (χ2v) is 13.1. The summed E-state index contributed by atoms with van der Waals surface area (Å²) >= 11 is 0. The van der Waals surface area contributed by atoms with Crippen molar-refractivity contribution in [3.63, 3.8) is 0 Å². The van der Waals surface area contributed by atoms with Gasteiger partial charge in [-0.2, -0.15) is 9.97 Å². The number of rotatable bonds is 7. The van der Waals surface area contributed by atoms with E-state index in [1.807, 2.05) is 18.2 Å². The van der Waals surface area contributed by atoms with Crippen LogP contribution in [0.3, 0.4) is 0 Å². The molecule has 3 saturated heterocycles. The molecule has 2 aromatic heterocycles. The molecule has 4 aliphatic rings. The van der Waals surface area contributed by atoms with Gasteiger partial charge in [0.15, 0.2) is 5.82 Å². The highest BCUT2D eigenvalue weighted by Crippen LogP contribution is 2.42. The van der Waals surface area contributed by atoms with Crippen LogP contribution in [0.4, 0.5) is 19.0 Å². The molecule has 4 aromatic rings. The largest absolute Gasteiger partial charge is 0.461 e. The zero-order chi connectivity index (χ0) is 29.1. The van der Waals surface area contributed by atoms with Crippen molar-refractivity contribution in [1.82, 2.24) is 19.9 Å². The molecule has 43 heavy (non-hydrogen) atoms. The van der Waals surface area contributed by atoms with Gasteiger partial charge in [-0.15, -0.1) is 0 Å². The van der Waals surface area contributed by atoms with E-state index in [2.05, 4.69) is 19.8 Å². The summed E-state index contributed by atoms with van der Waals surface area (Å²) in [7, 11) is 0. The quantitative estimate of drug-likeness (QED) is 0.231. The zero-order valence-electron chi connectivity index (χ0n) is 24.2. The van der Waals surface area contributed by atoms with Crippen LogP contribution >= 0.6 is 0 Å². The van der Waals surface area contributed by atoms with Crippen LogP contribution in [0.5, 0.6) is 6.01 Å². The monoisotopic (exact) mass is 587 g/mol. The number of ether oxygens (including phenoxy) is 1. The van der Waals surface area contributed by atoms with Gasteiger partial charge in [0.1, 0.15) is 23.6 Å². The van der Waals surface area contributed by atoms with Crippen LogP contribution in [0.2, 0.25) is 0 Å². The number of anilines is 1. The fraction of sp³-hybridized carbons (Fsp3) is 0.500. The summed E-state index contributed by atoms with van der Waals surface area (Å²) in [5, 5.41) is 1.92. The van der Waals surface area contributed by atoms with Gasteiger partial charge in [0, 0.05) is 31.3 Å². The third-order valence-electron chi connectivity index (χ3n) is 10.5. The second-order valence-electron chi connectivity index (χ2n) is 13.1. The van der Waals surface area contributed by atoms with Crippen LogP contribution < -0.4 is 9.64 Å². The van der Waals surface area contributed by atoms with Gasteiger partial charge in [-0.1, -0.05) is 36.4 Å². The Labute approximate surface area is 249 Å². The van der Waals surface area contributed by atoms with Gasteiger partial charge in [0.25, 0.3) is 0 Å². The molecule has 224 valence electrons. The van der Waals surface area contributed by atoms with E-state index in [0.717, 1.165) is 57.2 Å². The molecule has 1 aliphatic carbocycles. The summed E-state index contributed by atoms with van der Waals surface area (Å²) in [4.78, 5) is 19.0. The van der Waals surface area contributed by atoms with Crippen LogP contribution in [-0.2, 0) is 6.42 Å². The average molecular weight is 588 g/mol. The Kier molecular flexibility index (Phi) is 6.69. The van der Waals surface area contributed by atoms with E-state index in [9.17, 15) is 8.78 Å². The summed E-state index contributed by atoms with van der Waals surface area (Å²) in [6.07, 6.45) is 6.89. The second kappa shape index (κ2) is 10.6. The molecule has 0 N–H and O–H groups in total. The molecule has 5 heterocycles. The van der Waals surface area contributed by atoms with Crippen molar-refractivity contribution in [3.05, 3.63) is 54.0 Å². The molecule has 3 aliphatic heterocycles. The molecule has 8 rings (SSSR count). The van der Waals surface area contributed by atoms with Gasteiger partial charge in [-0.25, -0.2) is 13.2 Å². The van der Waals surface area contributed by atoms with E-state index in [4.69, 9.17) is 9.72 Å². The SMILES string of the molecule is Fc1c(-c2cccc3cccc(CC(F)F)c23)ncc2c(N3CC4CCC(C4)C3)nc(OCC34CCCN3CCC4)nc12. The van der Waals surface area contributed by atoms with Gasteiger partial charge in [-0.05, 0) is 86.2 Å². The molecule has 2 atom stereocenters. The first kappa shape index (κ1) is 27.1. The van der Waals surface area contributed by atoms with Crippen molar-refractivity contribution < 1.29 is 17.9 Å². The van der Waals surface area contributed by atoms with Gasteiger partial charge in [0.05, 0.1) is 10.9 Å². The highest BCUT2D eigenvalue weighted by Gasteiger charge is 2.45. The van der Waals surface area contributed by atoms with Crippen LogP contribution in [-0.4, -0.2) is 64.6 Å². The topological polar surface area (TPSA) is 54.4 Å². The van der Waals surface area contributed by atoms with E-state index in [0.29, 0.717) is 46.2 Å². The highest BCUT2D eigenvalue weighted by molar-refractivity contribution is 6.00. The van der Waals surface area contributed by atoms with Crippen LogP contribution in [0.15, 0.2) is 42.6 Å².